The van der Waals surface area contributed by atoms with E-state index in [9.17, 15) is 0 Å². The van der Waals surface area contributed by atoms with Gasteiger partial charge in [-0.15, -0.1) is 0 Å². The van der Waals surface area contributed by atoms with Crippen LogP contribution in [0, 0.1) is 5.92 Å². The van der Waals surface area contributed by atoms with Crippen molar-refractivity contribution in [3.05, 3.63) is 11.7 Å². The molecule has 5 nitrogen and oxygen atoms in total. The van der Waals surface area contributed by atoms with Gasteiger partial charge in [-0.1, -0.05) is 11.6 Å². The van der Waals surface area contributed by atoms with Gasteiger partial charge in [-0.2, -0.15) is 4.98 Å². The Hall–Kier alpha value is -0.940. The SMILES string of the molecule is CC(C)N1CCC(Cc2noc(C3CCCCN3)n2)C1. The molecule has 3 rings (SSSR count). The van der Waals surface area contributed by atoms with Crippen LogP contribution < -0.4 is 5.32 Å². The highest BCUT2D eigenvalue weighted by molar-refractivity contribution is 4.96. The Balaban J connectivity index is 1.55. The van der Waals surface area contributed by atoms with Crippen molar-refractivity contribution in [1.29, 1.82) is 0 Å². The fraction of sp³-hybridized carbons (Fsp3) is 0.867. The van der Waals surface area contributed by atoms with E-state index in [-0.39, 0.29) is 6.04 Å². The monoisotopic (exact) mass is 278 g/mol. The Morgan fingerprint density at radius 1 is 1.35 bits per heavy atom. The lowest BCUT2D eigenvalue weighted by atomic mass is 10.0. The second-order valence-electron chi connectivity index (χ2n) is 6.50. The molecule has 2 unspecified atom stereocenters. The first kappa shape index (κ1) is 14.0. The van der Waals surface area contributed by atoms with Gasteiger partial charge in [0, 0.05) is 19.0 Å². The van der Waals surface area contributed by atoms with E-state index in [1.807, 2.05) is 0 Å². The van der Waals surface area contributed by atoms with E-state index in [1.54, 1.807) is 0 Å². The number of rotatable bonds is 4. The molecule has 2 atom stereocenters. The van der Waals surface area contributed by atoms with E-state index in [0.717, 1.165) is 31.1 Å². The van der Waals surface area contributed by atoms with Gasteiger partial charge >= 0.3 is 0 Å². The zero-order valence-corrected chi connectivity index (χ0v) is 12.6. The van der Waals surface area contributed by atoms with Crippen LogP contribution in [0.2, 0.25) is 0 Å². The van der Waals surface area contributed by atoms with Gasteiger partial charge in [-0.05, 0) is 52.1 Å². The lowest BCUT2D eigenvalue weighted by molar-refractivity contribution is 0.264. The average molecular weight is 278 g/mol. The van der Waals surface area contributed by atoms with Gasteiger partial charge in [0.15, 0.2) is 5.82 Å². The predicted octanol–water partition coefficient (Wildman–Crippen LogP) is 2.16. The van der Waals surface area contributed by atoms with Crippen LogP contribution in [0.4, 0.5) is 0 Å². The molecular formula is C15H26N4O. The van der Waals surface area contributed by atoms with Crippen LogP contribution in [0.1, 0.15) is 57.3 Å². The van der Waals surface area contributed by atoms with E-state index < -0.39 is 0 Å². The fourth-order valence-electron chi connectivity index (χ4n) is 3.31. The summed E-state index contributed by atoms with van der Waals surface area (Å²) in [6.07, 6.45) is 5.83. The van der Waals surface area contributed by atoms with Gasteiger partial charge in [-0.3, -0.25) is 0 Å². The first-order chi connectivity index (χ1) is 9.72. The van der Waals surface area contributed by atoms with Gasteiger partial charge in [-0.25, -0.2) is 0 Å². The summed E-state index contributed by atoms with van der Waals surface area (Å²) in [7, 11) is 0. The molecule has 112 valence electrons. The van der Waals surface area contributed by atoms with E-state index in [2.05, 4.69) is 34.2 Å². The van der Waals surface area contributed by atoms with Gasteiger partial charge in [0.05, 0.1) is 6.04 Å². The number of aromatic nitrogens is 2. The highest BCUT2D eigenvalue weighted by atomic mass is 16.5. The van der Waals surface area contributed by atoms with Crippen LogP contribution in [-0.2, 0) is 6.42 Å². The maximum absolute atomic E-state index is 5.45. The summed E-state index contributed by atoms with van der Waals surface area (Å²) in [5, 5.41) is 7.64. The van der Waals surface area contributed by atoms with Crippen molar-refractivity contribution in [3.8, 4) is 0 Å². The molecule has 2 aliphatic rings. The van der Waals surface area contributed by atoms with Crippen LogP contribution in [0.15, 0.2) is 4.52 Å². The zero-order valence-electron chi connectivity index (χ0n) is 12.6. The molecule has 0 radical (unpaired) electrons. The molecule has 1 aromatic heterocycles. The van der Waals surface area contributed by atoms with E-state index in [4.69, 9.17) is 4.52 Å². The first-order valence-corrected chi connectivity index (χ1v) is 8.02. The summed E-state index contributed by atoms with van der Waals surface area (Å²) in [5.41, 5.74) is 0. The fourth-order valence-corrected chi connectivity index (χ4v) is 3.31. The van der Waals surface area contributed by atoms with Crippen molar-refractivity contribution in [3.63, 3.8) is 0 Å². The lowest BCUT2D eigenvalue weighted by Gasteiger charge is -2.20. The Bertz CT molecular complexity index is 425. The van der Waals surface area contributed by atoms with Crippen LogP contribution in [0.5, 0.6) is 0 Å². The van der Waals surface area contributed by atoms with Crippen molar-refractivity contribution < 1.29 is 4.52 Å². The summed E-state index contributed by atoms with van der Waals surface area (Å²) in [6, 6.07) is 0.924. The van der Waals surface area contributed by atoms with Crippen LogP contribution in [0.25, 0.3) is 0 Å². The molecule has 3 heterocycles. The van der Waals surface area contributed by atoms with Crippen molar-refractivity contribution >= 4 is 0 Å². The number of likely N-dealkylation sites (tertiary alicyclic amines) is 1. The topological polar surface area (TPSA) is 54.2 Å². The molecule has 1 aromatic rings. The molecule has 0 aromatic carbocycles. The number of hydrogen-bond donors (Lipinski definition) is 1. The van der Waals surface area contributed by atoms with Crippen LogP contribution >= 0.6 is 0 Å². The summed E-state index contributed by atoms with van der Waals surface area (Å²) >= 11 is 0. The third kappa shape index (κ3) is 3.20. The maximum Gasteiger partial charge on any atom is 0.243 e. The summed E-state index contributed by atoms with van der Waals surface area (Å²) < 4.78 is 5.45. The summed E-state index contributed by atoms with van der Waals surface area (Å²) in [5.74, 6) is 2.36. The van der Waals surface area contributed by atoms with Crippen molar-refractivity contribution in [1.82, 2.24) is 20.4 Å². The number of hydrogen-bond acceptors (Lipinski definition) is 5. The Labute approximate surface area is 121 Å². The Morgan fingerprint density at radius 3 is 2.95 bits per heavy atom. The first-order valence-electron chi connectivity index (χ1n) is 8.02. The van der Waals surface area contributed by atoms with Crippen LogP contribution in [0.3, 0.4) is 0 Å². The molecule has 20 heavy (non-hydrogen) atoms. The molecule has 2 saturated heterocycles. The standard InChI is InChI=1S/C15H26N4O/c1-11(2)19-8-6-12(10-19)9-14-17-15(20-18-14)13-5-3-4-7-16-13/h11-13,16H,3-10H2,1-2H3. The summed E-state index contributed by atoms with van der Waals surface area (Å²) in [6.45, 7) is 7.97. The molecule has 5 heteroatoms. The summed E-state index contributed by atoms with van der Waals surface area (Å²) in [4.78, 5) is 7.14. The molecule has 0 bridgehead atoms. The molecule has 0 aliphatic carbocycles. The smallest absolute Gasteiger partial charge is 0.243 e. The third-order valence-corrected chi connectivity index (χ3v) is 4.61. The molecule has 2 fully saturated rings. The van der Waals surface area contributed by atoms with Crippen molar-refractivity contribution in [2.45, 2.75) is 58.0 Å². The molecule has 0 saturated carbocycles. The average Bonchev–Trinajstić information content (AvgIpc) is 3.10. The second-order valence-corrected chi connectivity index (χ2v) is 6.50. The Morgan fingerprint density at radius 2 is 2.25 bits per heavy atom. The van der Waals surface area contributed by atoms with E-state index >= 15 is 0 Å². The van der Waals surface area contributed by atoms with E-state index in [0.29, 0.717) is 12.0 Å². The van der Waals surface area contributed by atoms with Crippen LogP contribution in [-0.4, -0.2) is 40.7 Å². The minimum atomic E-state index is 0.278. The van der Waals surface area contributed by atoms with Crippen molar-refractivity contribution in [2.75, 3.05) is 19.6 Å². The molecule has 1 N–H and O–H groups in total. The third-order valence-electron chi connectivity index (χ3n) is 4.61. The largest absolute Gasteiger partial charge is 0.338 e. The van der Waals surface area contributed by atoms with E-state index in [1.165, 1.54) is 32.4 Å². The quantitative estimate of drug-likeness (QED) is 0.914. The van der Waals surface area contributed by atoms with Crippen molar-refractivity contribution in [2.24, 2.45) is 5.92 Å². The number of nitrogens with one attached hydrogen (secondary N) is 1. The lowest BCUT2D eigenvalue weighted by Crippen LogP contribution is -2.28. The highest BCUT2D eigenvalue weighted by Gasteiger charge is 2.27. The number of piperidine rings is 1. The minimum absolute atomic E-state index is 0.278. The molecule has 0 spiro atoms. The maximum atomic E-state index is 5.45. The highest BCUT2D eigenvalue weighted by Crippen LogP contribution is 2.24. The molecule has 2 aliphatic heterocycles. The zero-order chi connectivity index (χ0) is 13.9. The second kappa shape index (κ2) is 6.22. The van der Waals surface area contributed by atoms with Gasteiger partial charge in [0.25, 0.3) is 0 Å². The minimum Gasteiger partial charge on any atom is -0.338 e. The predicted molar refractivity (Wildman–Crippen MR) is 77.4 cm³/mol. The van der Waals surface area contributed by atoms with Gasteiger partial charge in [0.1, 0.15) is 0 Å². The Kier molecular flexibility index (Phi) is 4.36. The van der Waals surface area contributed by atoms with Gasteiger partial charge in [0.2, 0.25) is 5.89 Å². The molecular weight excluding hydrogens is 252 g/mol. The number of nitrogens with zero attached hydrogens (tertiary/aromatic N) is 3. The van der Waals surface area contributed by atoms with Gasteiger partial charge < -0.3 is 14.7 Å². The normalized spacial score (nSPS) is 28.4. The molecule has 0 amide bonds.